The lowest BCUT2D eigenvalue weighted by Gasteiger charge is -2.10. The first-order chi connectivity index (χ1) is 9.04. The lowest BCUT2D eigenvalue weighted by Crippen LogP contribution is -2.16. The maximum Gasteiger partial charge on any atom is 0.348 e. The monoisotopic (exact) mass is 281 g/mol. The number of nitrogens with one attached hydrogen (secondary N) is 1. The molecular weight excluding hydrogens is 266 g/mol. The van der Waals surface area contributed by atoms with Gasteiger partial charge in [0.05, 0.1) is 18.3 Å². The van der Waals surface area contributed by atoms with Crippen LogP contribution in [0.15, 0.2) is 11.1 Å². The van der Waals surface area contributed by atoms with Crippen LogP contribution in [0.5, 0.6) is 0 Å². The van der Waals surface area contributed by atoms with Crippen LogP contribution in [0.2, 0.25) is 0 Å². The molecule has 19 heavy (non-hydrogen) atoms. The molecule has 0 aliphatic carbocycles. The van der Waals surface area contributed by atoms with Gasteiger partial charge >= 0.3 is 5.97 Å². The smallest absolute Gasteiger partial charge is 0.348 e. The Labute approximate surface area is 114 Å². The Hall–Kier alpha value is -1.73. The minimum absolute atomic E-state index is 0.228. The van der Waals surface area contributed by atoms with Gasteiger partial charge in [-0.2, -0.15) is 0 Å². The number of rotatable bonds is 4. The molecule has 2 heterocycles. The second-order valence-corrected chi connectivity index (χ2v) is 5.28. The molecule has 0 aromatic carbocycles. The van der Waals surface area contributed by atoms with Crippen molar-refractivity contribution in [1.82, 2.24) is 14.9 Å². The number of thiophene rings is 1. The minimum atomic E-state index is -0.401. The number of aromatic amines is 1. The topological polar surface area (TPSA) is 75.3 Å². The summed E-state index contributed by atoms with van der Waals surface area (Å²) in [7, 11) is 3.76. The van der Waals surface area contributed by atoms with Crippen LogP contribution in [-0.4, -0.2) is 41.5 Å². The molecule has 1 N–H and O–H groups in total. The van der Waals surface area contributed by atoms with Crippen LogP contribution in [0.25, 0.3) is 10.2 Å². The SMILES string of the molecule is CCOC(=O)c1sc2nc[nH]c(=O)c2c1CN(C)C. The molecule has 0 saturated carbocycles. The highest BCUT2D eigenvalue weighted by molar-refractivity contribution is 7.20. The predicted molar refractivity (Wildman–Crippen MR) is 73.6 cm³/mol. The summed E-state index contributed by atoms with van der Waals surface area (Å²) in [5.41, 5.74) is 0.450. The molecule has 0 unspecified atom stereocenters. The normalized spacial score (nSPS) is 11.2. The Morgan fingerprint density at radius 1 is 1.53 bits per heavy atom. The molecule has 2 rings (SSSR count). The van der Waals surface area contributed by atoms with Crippen molar-refractivity contribution in [2.24, 2.45) is 0 Å². The van der Waals surface area contributed by atoms with Gasteiger partial charge in [0.15, 0.2) is 0 Å². The molecule has 0 spiro atoms. The van der Waals surface area contributed by atoms with E-state index in [1.165, 1.54) is 17.7 Å². The number of ether oxygens (including phenoxy) is 1. The largest absolute Gasteiger partial charge is 0.462 e. The standard InChI is InChI=1S/C12H15N3O3S/c1-4-18-12(17)9-7(5-15(2)3)8-10(16)13-6-14-11(8)19-9/h6H,4-5H2,1-3H3,(H,13,14,16). The fourth-order valence-electron chi connectivity index (χ4n) is 1.83. The summed E-state index contributed by atoms with van der Waals surface area (Å²) in [5, 5.41) is 0.476. The molecule has 2 aromatic heterocycles. The lowest BCUT2D eigenvalue weighted by atomic mass is 10.2. The number of esters is 1. The minimum Gasteiger partial charge on any atom is -0.462 e. The Balaban J connectivity index is 2.65. The molecule has 7 heteroatoms. The van der Waals surface area contributed by atoms with Crippen molar-refractivity contribution in [2.45, 2.75) is 13.5 Å². The third kappa shape index (κ3) is 2.66. The maximum absolute atomic E-state index is 12.0. The van der Waals surface area contributed by atoms with Gasteiger partial charge < -0.3 is 14.6 Å². The summed E-state index contributed by atoms with van der Waals surface area (Å²) in [5.74, 6) is -0.401. The summed E-state index contributed by atoms with van der Waals surface area (Å²) >= 11 is 1.20. The first-order valence-electron chi connectivity index (χ1n) is 5.85. The van der Waals surface area contributed by atoms with E-state index in [1.54, 1.807) is 6.92 Å². The number of hydrogen-bond donors (Lipinski definition) is 1. The van der Waals surface area contributed by atoms with Gasteiger partial charge in [0, 0.05) is 12.1 Å². The highest BCUT2D eigenvalue weighted by Gasteiger charge is 2.22. The van der Waals surface area contributed by atoms with E-state index in [-0.39, 0.29) is 5.56 Å². The summed E-state index contributed by atoms with van der Waals surface area (Å²) in [4.78, 5) is 33.4. The van der Waals surface area contributed by atoms with E-state index in [0.717, 1.165) is 0 Å². The van der Waals surface area contributed by atoms with Crippen LogP contribution < -0.4 is 5.56 Å². The maximum atomic E-state index is 12.0. The Kier molecular flexibility index (Phi) is 3.96. The summed E-state index contributed by atoms with van der Waals surface area (Å²) < 4.78 is 5.03. The molecule has 0 amide bonds. The van der Waals surface area contributed by atoms with Gasteiger partial charge in [0.2, 0.25) is 0 Å². The second kappa shape index (κ2) is 5.50. The van der Waals surface area contributed by atoms with Gasteiger partial charge in [-0.1, -0.05) is 0 Å². The number of H-pyrrole nitrogens is 1. The van der Waals surface area contributed by atoms with Gasteiger partial charge in [0.1, 0.15) is 9.71 Å². The summed E-state index contributed by atoms with van der Waals surface area (Å²) in [6.45, 7) is 2.54. The predicted octanol–water partition coefficient (Wildman–Crippen LogP) is 1.22. The molecule has 0 saturated heterocycles. The highest BCUT2D eigenvalue weighted by atomic mass is 32.1. The van der Waals surface area contributed by atoms with Gasteiger partial charge in [-0.25, -0.2) is 9.78 Å². The molecule has 0 aliphatic heterocycles. The van der Waals surface area contributed by atoms with Crippen molar-refractivity contribution >= 4 is 27.5 Å². The van der Waals surface area contributed by atoms with Crippen LogP contribution in [-0.2, 0) is 11.3 Å². The number of fused-ring (bicyclic) bond motifs is 1. The molecular formula is C12H15N3O3S. The third-order valence-corrected chi connectivity index (χ3v) is 3.65. The quantitative estimate of drug-likeness (QED) is 0.853. The number of hydrogen-bond acceptors (Lipinski definition) is 6. The zero-order chi connectivity index (χ0) is 14.0. The summed E-state index contributed by atoms with van der Waals surface area (Å²) in [6, 6.07) is 0. The first kappa shape index (κ1) is 13.7. The van der Waals surface area contributed by atoms with Crippen LogP contribution in [0, 0.1) is 0 Å². The zero-order valence-corrected chi connectivity index (χ0v) is 11.8. The van der Waals surface area contributed by atoms with Gasteiger partial charge in [0.25, 0.3) is 5.56 Å². The van der Waals surface area contributed by atoms with Crippen molar-refractivity contribution in [1.29, 1.82) is 0 Å². The van der Waals surface area contributed by atoms with Crippen molar-refractivity contribution in [3.8, 4) is 0 Å². The van der Waals surface area contributed by atoms with E-state index in [0.29, 0.717) is 33.8 Å². The molecule has 2 aromatic rings. The highest BCUT2D eigenvalue weighted by Crippen LogP contribution is 2.28. The lowest BCUT2D eigenvalue weighted by molar-refractivity contribution is 0.0530. The molecule has 6 nitrogen and oxygen atoms in total. The molecule has 0 bridgehead atoms. The van der Waals surface area contributed by atoms with Gasteiger partial charge in [-0.15, -0.1) is 11.3 Å². The average Bonchev–Trinajstić information content (AvgIpc) is 2.69. The number of carbonyl (C=O) groups is 1. The molecule has 0 fully saturated rings. The molecule has 0 atom stereocenters. The van der Waals surface area contributed by atoms with E-state index in [9.17, 15) is 9.59 Å². The van der Waals surface area contributed by atoms with Gasteiger partial charge in [-0.3, -0.25) is 4.79 Å². The van der Waals surface area contributed by atoms with E-state index in [2.05, 4.69) is 9.97 Å². The van der Waals surface area contributed by atoms with Crippen LogP contribution in [0.3, 0.4) is 0 Å². The fraction of sp³-hybridized carbons (Fsp3) is 0.417. The molecule has 0 radical (unpaired) electrons. The number of carbonyl (C=O) groups excluding carboxylic acids is 1. The Morgan fingerprint density at radius 2 is 2.26 bits per heavy atom. The summed E-state index contributed by atoms with van der Waals surface area (Å²) in [6.07, 6.45) is 1.34. The van der Waals surface area contributed by atoms with Crippen molar-refractivity contribution < 1.29 is 9.53 Å². The third-order valence-electron chi connectivity index (χ3n) is 2.53. The van der Waals surface area contributed by atoms with E-state index < -0.39 is 5.97 Å². The zero-order valence-electron chi connectivity index (χ0n) is 11.0. The Bertz CT molecular complexity index is 660. The average molecular weight is 281 g/mol. The Morgan fingerprint density at radius 3 is 2.89 bits per heavy atom. The van der Waals surface area contributed by atoms with E-state index in [1.807, 2.05) is 19.0 Å². The second-order valence-electron chi connectivity index (χ2n) is 4.28. The van der Waals surface area contributed by atoms with Crippen molar-refractivity contribution in [3.63, 3.8) is 0 Å². The number of aromatic nitrogens is 2. The van der Waals surface area contributed by atoms with Crippen LogP contribution >= 0.6 is 11.3 Å². The fourth-order valence-corrected chi connectivity index (χ4v) is 2.88. The van der Waals surface area contributed by atoms with Crippen LogP contribution in [0.1, 0.15) is 22.2 Å². The van der Waals surface area contributed by atoms with Gasteiger partial charge in [-0.05, 0) is 21.0 Å². The van der Waals surface area contributed by atoms with E-state index in [4.69, 9.17) is 4.74 Å². The van der Waals surface area contributed by atoms with E-state index >= 15 is 0 Å². The molecule has 102 valence electrons. The van der Waals surface area contributed by atoms with Crippen molar-refractivity contribution in [3.05, 3.63) is 27.1 Å². The first-order valence-corrected chi connectivity index (χ1v) is 6.67. The van der Waals surface area contributed by atoms with Crippen molar-refractivity contribution in [2.75, 3.05) is 20.7 Å². The van der Waals surface area contributed by atoms with Crippen LogP contribution in [0.4, 0.5) is 0 Å². The number of nitrogens with zero attached hydrogens (tertiary/aromatic N) is 2. The molecule has 0 aliphatic rings.